The monoisotopic (exact) mass is 646 g/mol. The first-order chi connectivity index (χ1) is 22.6. The summed E-state index contributed by atoms with van der Waals surface area (Å²) >= 11 is 0. The zero-order valence-electron chi connectivity index (χ0n) is 27.5. The molecule has 2 aromatic rings. The number of amides is 3. The van der Waals surface area contributed by atoms with Crippen molar-refractivity contribution in [1.82, 2.24) is 20.9 Å². The number of hydrogen-bond donors (Lipinski definition) is 5. The Hall–Kier alpha value is -3.56. The Kier molecular flexibility index (Phi) is 8.96. The van der Waals surface area contributed by atoms with E-state index in [4.69, 9.17) is 9.84 Å². The van der Waals surface area contributed by atoms with E-state index >= 15 is 0 Å². The van der Waals surface area contributed by atoms with Gasteiger partial charge in [-0.3, -0.25) is 14.4 Å². The highest BCUT2D eigenvalue weighted by atomic mass is 16.6. The molecule has 3 amide bonds. The lowest BCUT2D eigenvalue weighted by Crippen LogP contribution is -2.65. The standard InChI is InChI=1S/C37H50N4O6/c1-37(19-26-20-38-29-9-5-4-7-27(26)29,41-36(46)47-34-24-15-21-14-22(17-24)18-25(34)16-21)35(45)39-30-11-10-23-6-2-3-8-28(23)33(30)40-31(42)12-13-32(43)44/h4-5,7,9,20-25,28,30,33-34,38H,2-3,6,8,10-19H2,1H3,(H,39,45)(H,40,42)(H,41,46)(H,43,44)/t21?,22?,23?,24?,25?,28?,30-,33+,34?,37+/m0/s1. The summed E-state index contributed by atoms with van der Waals surface area (Å²) in [6.07, 6.45) is 13.0. The predicted octanol–water partition coefficient (Wildman–Crippen LogP) is 5.45. The van der Waals surface area contributed by atoms with Crippen LogP contribution >= 0.6 is 0 Å². The van der Waals surface area contributed by atoms with Crippen LogP contribution in [0.2, 0.25) is 0 Å². The van der Waals surface area contributed by atoms with Crippen LogP contribution in [0.25, 0.3) is 10.9 Å². The van der Waals surface area contributed by atoms with Gasteiger partial charge in [0.1, 0.15) is 11.6 Å². The minimum Gasteiger partial charge on any atom is -0.481 e. The van der Waals surface area contributed by atoms with E-state index in [-0.39, 0.29) is 55.2 Å². The van der Waals surface area contributed by atoms with Gasteiger partial charge in [0.15, 0.2) is 0 Å². The fraction of sp³-hybridized carbons (Fsp3) is 0.676. The molecule has 6 saturated carbocycles. The van der Waals surface area contributed by atoms with Crippen molar-refractivity contribution in [3.63, 3.8) is 0 Å². The van der Waals surface area contributed by atoms with Crippen molar-refractivity contribution in [2.45, 2.75) is 121 Å². The fourth-order valence-corrected chi connectivity index (χ4v) is 10.4. The van der Waals surface area contributed by atoms with Gasteiger partial charge in [0.2, 0.25) is 11.8 Å². The van der Waals surface area contributed by atoms with Crippen LogP contribution in [-0.4, -0.2) is 57.7 Å². The lowest BCUT2D eigenvalue weighted by Gasteiger charge is -2.53. The summed E-state index contributed by atoms with van der Waals surface area (Å²) in [6, 6.07) is 7.30. The van der Waals surface area contributed by atoms with E-state index in [2.05, 4.69) is 20.9 Å². The molecule has 6 aliphatic carbocycles. The number of aromatic amines is 1. The van der Waals surface area contributed by atoms with Gasteiger partial charge < -0.3 is 30.8 Å². The molecule has 1 aromatic heterocycles. The molecular weight excluding hydrogens is 596 g/mol. The highest BCUT2D eigenvalue weighted by Gasteiger charge is 2.51. The second-order valence-electron chi connectivity index (χ2n) is 15.6. The summed E-state index contributed by atoms with van der Waals surface area (Å²) < 4.78 is 6.22. The summed E-state index contributed by atoms with van der Waals surface area (Å²) in [7, 11) is 0. The van der Waals surface area contributed by atoms with Crippen molar-refractivity contribution >= 4 is 34.8 Å². The first-order valence-corrected chi connectivity index (χ1v) is 18.0. The van der Waals surface area contributed by atoms with Crippen LogP contribution in [-0.2, 0) is 25.5 Å². The number of benzene rings is 1. The molecule has 2 unspecified atom stereocenters. The topological polar surface area (TPSA) is 150 Å². The van der Waals surface area contributed by atoms with Gasteiger partial charge in [-0.25, -0.2) is 4.79 Å². The number of carbonyl (C=O) groups is 4. The van der Waals surface area contributed by atoms with Crippen molar-refractivity contribution in [1.29, 1.82) is 0 Å². The lowest BCUT2D eigenvalue weighted by molar-refractivity contribution is -0.139. The minimum absolute atomic E-state index is 0.0970. The quantitative estimate of drug-likeness (QED) is 0.232. The van der Waals surface area contributed by atoms with Crippen LogP contribution < -0.4 is 16.0 Å². The number of alkyl carbamates (subject to hydrolysis) is 1. The summed E-state index contributed by atoms with van der Waals surface area (Å²) in [5.74, 6) is 1.38. The van der Waals surface area contributed by atoms with Gasteiger partial charge in [0.25, 0.3) is 0 Å². The van der Waals surface area contributed by atoms with Crippen LogP contribution in [0.3, 0.4) is 0 Å². The smallest absolute Gasteiger partial charge is 0.408 e. The van der Waals surface area contributed by atoms with Crippen LogP contribution in [0.5, 0.6) is 0 Å². The third-order valence-electron chi connectivity index (χ3n) is 12.4. The van der Waals surface area contributed by atoms with E-state index in [0.717, 1.165) is 86.1 Å². The summed E-state index contributed by atoms with van der Waals surface area (Å²) in [5, 5.41) is 19.6. The Bertz CT molecular complexity index is 1480. The van der Waals surface area contributed by atoms with Gasteiger partial charge in [-0.1, -0.05) is 37.5 Å². The third kappa shape index (κ3) is 6.74. The molecule has 10 nitrogen and oxygen atoms in total. The van der Waals surface area contributed by atoms with E-state index in [1.54, 1.807) is 6.92 Å². The van der Waals surface area contributed by atoms with Crippen LogP contribution in [0.15, 0.2) is 30.5 Å². The average Bonchev–Trinajstić information content (AvgIpc) is 3.44. The molecule has 6 aliphatic rings. The molecule has 1 aromatic carbocycles. The van der Waals surface area contributed by atoms with E-state index in [1.807, 2.05) is 30.5 Å². The molecule has 0 radical (unpaired) electrons. The maximum Gasteiger partial charge on any atom is 0.408 e. The van der Waals surface area contributed by atoms with E-state index in [9.17, 15) is 19.2 Å². The number of aliphatic carboxylic acids is 1. The summed E-state index contributed by atoms with van der Waals surface area (Å²) in [5.41, 5.74) is 0.554. The molecule has 0 spiro atoms. The normalized spacial score (nSPS) is 33.8. The Morgan fingerprint density at radius 2 is 1.62 bits per heavy atom. The highest BCUT2D eigenvalue weighted by Crippen LogP contribution is 2.54. The molecule has 47 heavy (non-hydrogen) atoms. The van der Waals surface area contributed by atoms with Crippen molar-refractivity contribution in [2.24, 2.45) is 35.5 Å². The SMILES string of the molecule is C[C@](Cc1c[nH]c2ccccc12)(NC(=O)OC1C2CC3CC(C2)CC1C3)C(=O)N[C@H]1CCC2CCCCC2[C@H]1NC(=O)CCC(=O)O. The maximum absolute atomic E-state index is 14.5. The van der Waals surface area contributed by atoms with E-state index in [0.29, 0.717) is 24.2 Å². The zero-order chi connectivity index (χ0) is 32.7. The molecular formula is C37H50N4O6. The number of carboxylic acid groups (broad SMARTS) is 1. The van der Waals surface area contributed by atoms with Crippen LogP contribution in [0, 0.1) is 35.5 Å². The Balaban J connectivity index is 1.11. The van der Waals surface area contributed by atoms with Crippen molar-refractivity contribution in [3.05, 3.63) is 36.0 Å². The first kappa shape index (κ1) is 32.0. The number of H-pyrrole nitrogens is 1. The predicted molar refractivity (Wildman–Crippen MR) is 176 cm³/mol. The molecule has 10 heteroatoms. The van der Waals surface area contributed by atoms with Crippen molar-refractivity contribution in [3.8, 4) is 0 Å². The number of carbonyl (C=O) groups excluding carboxylic acids is 3. The maximum atomic E-state index is 14.5. The van der Waals surface area contributed by atoms with Gasteiger partial charge in [0.05, 0.1) is 12.5 Å². The van der Waals surface area contributed by atoms with Crippen LogP contribution in [0.4, 0.5) is 4.79 Å². The molecule has 1 heterocycles. The molecule has 5 atom stereocenters. The molecule has 0 aliphatic heterocycles. The Morgan fingerprint density at radius 1 is 0.894 bits per heavy atom. The van der Waals surface area contributed by atoms with Gasteiger partial charge in [-0.2, -0.15) is 0 Å². The van der Waals surface area contributed by atoms with Gasteiger partial charge in [-0.05, 0) is 105 Å². The van der Waals surface area contributed by atoms with E-state index < -0.39 is 17.6 Å². The molecule has 4 bridgehead atoms. The average molecular weight is 647 g/mol. The van der Waals surface area contributed by atoms with Gasteiger partial charge >= 0.3 is 12.1 Å². The molecule has 5 N–H and O–H groups in total. The minimum atomic E-state index is -1.32. The number of aromatic nitrogens is 1. The molecule has 6 fully saturated rings. The summed E-state index contributed by atoms with van der Waals surface area (Å²) in [6.45, 7) is 1.77. The fourth-order valence-electron chi connectivity index (χ4n) is 10.4. The van der Waals surface area contributed by atoms with Crippen molar-refractivity contribution in [2.75, 3.05) is 0 Å². The van der Waals surface area contributed by atoms with Gasteiger partial charge in [0, 0.05) is 36.0 Å². The second-order valence-corrected chi connectivity index (χ2v) is 15.6. The first-order valence-electron chi connectivity index (χ1n) is 18.0. The zero-order valence-corrected chi connectivity index (χ0v) is 27.5. The lowest BCUT2D eigenvalue weighted by atomic mass is 9.55. The van der Waals surface area contributed by atoms with Crippen LogP contribution in [0.1, 0.15) is 96.0 Å². The molecule has 254 valence electrons. The Labute approximate surface area is 276 Å². The number of nitrogens with one attached hydrogen (secondary N) is 4. The second kappa shape index (κ2) is 13.2. The highest BCUT2D eigenvalue weighted by molar-refractivity contribution is 5.92. The molecule has 8 rings (SSSR count). The molecule has 0 saturated heterocycles. The number of hydrogen-bond acceptors (Lipinski definition) is 5. The number of ether oxygens (including phenoxy) is 1. The van der Waals surface area contributed by atoms with Gasteiger partial charge in [-0.15, -0.1) is 0 Å². The number of carboxylic acids is 1. The van der Waals surface area contributed by atoms with E-state index in [1.165, 1.54) is 6.42 Å². The summed E-state index contributed by atoms with van der Waals surface area (Å²) in [4.78, 5) is 55.6. The third-order valence-corrected chi connectivity index (χ3v) is 12.4. The number of para-hydroxylation sites is 1. The number of fused-ring (bicyclic) bond motifs is 2. The number of rotatable bonds is 10. The largest absolute Gasteiger partial charge is 0.481 e. The Morgan fingerprint density at radius 3 is 2.36 bits per heavy atom. The van der Waals surface area contributed by atoms with Crippen molar-refractivity contribution < 1.29 is 29.0 Å².